The Hall–Kier alpha value is 0.249. The van der Waals surface area contributed by atoms with Gasteiger partial charge in [0.15, 0.2) is 0 Å². The van der Waals surface area contributed by atoms with Crippen LogP contribution in [0.15, 0.2) is 11.6 Å². The Morgan fingerprint density at radius 1 is 0.593 bits per heavy atom. The van der Waals surface area contributed by atoms with Gasteiger partial charge in [-0.15, -0.1) is 0 Å². The van der Waals surface area contributed by atoms with E-state index in [4.69, 9.17) is 5.11 Å². The number of hydrogen-bond acceptors (Lipinski definition) is 1. The van der Waals surface area contributed by atoms with Gasteiger partial charge in [-0.25, -0.2) is 4.79 Å². The zero-order valence-electron chi connectivity index (χ0n) is 14.5. The molecule has 0 saturated heterocycles. The van der Waals surface area contributed by atoms with Gasteiger partial charge in [0, 0.05) is 17.4 Å². The van der Waals surface area contributed by atoms with Gasteiger partial charge < -0.3 is 5.11 Å². The molecule has 4 heteroatoms. The van der Waals surface area contributed by atoms with Crippen LogP contribution in [-0.4, -0.2) is 11.1 Å². The quantitative estimate of drug-likeness (QED) is 0.535. The van der Waals surface area contributed by atoms with Crippen molar-refractivity contribution in [1.29, 1.82) is 0 Å². The first-order valence-corrected chi connectivity index (χ1v) is 7.99. The van der Waals surface area contributed by atoms with Crippen LogP contribution < -0.4 is 0 Å². The average molecular weight is 440 g/mol. The molecule has 0 spiro atoms. The monoisotopic (exact) mass is 440 g/mol. The van der Waals surface area contributed by atoms with Gasteiger partial charge in [-0.3, -0.25) is 0 Å². The summed E-state index contributed by atoms with van der Waals surface area (Å²) in [6, 6.07) is 0. The fourth-order valence-electron chi connectivity index (χ4n) is 2.12. The SMILES string of the molecule is O=C(O)/C(=C/[C]1[CH][CH][CH][CH]1)[C]1[CH][CH][CH][CH]1.[CH]1[CH][CH][CH][CH]1.[CH]1[CH][CH][CH][CH]1.[Fe+2].[Fe+2]. The predicted molar refractivity (Wildman–Crippen MR) is 99.6 cm³/mol. The Balaban J connectivity index is 0.000000465. The summed E-state index contributed by atoms with van der Waals surface area (Å²) >= 11 is 0. The first-order chi connectivity index (χ1) is 12.3. The van der Waals surface area contributed by atoms with Gasteiger partial charge in [0.2, 0.25) is 0 Å². The van der Waals surface area contributed by atoms with E-state index >= 15 is 0 Å². The minimum absolute atomic E-state index is 0. The van der Waals surface area contributed by atoms with E-state index in [1.807, 2.05) is 103 Å². The molecule has 0 atom stereocenters. The Bertz CT molecular complexity index is 364. The minimum Gasteiger partial charge on any atom is -0.478 e. The van der Waals surface area contributed by atoms with Crippen molar-refractivity contribution in [2.45, 2.75) is 0 Å². The second-order valence-corrected chi connectivity index (χ2v) is 5.18. The molecule has 0 bridgehead atoms. The summed E-state index contributed by atoms with van der Waals surface area (Å²) < 4.78 is 0. The van der Waals surface area contributed by atoms with Gasteiger partial charge in [-0.1, -0.05) is 6.08 Å². The Morgan fingerprint density at radius 3 is 1.26 bits per heavy atom. The molecule has 0 heterocycles. The third-order valence-corrected chi connectivity index (χ3v) is 3.31. The fourth-order valence-corrected chi connectivity index (χ4v) is 2.12. The third-order valence-electron chi connectivity index (χ3n) is 3.31. The van der Waals surface area contributed by atoms with Crippen molar-refractivity contribution in [2.24, 2.45) is 0 Å². The van der Waals surface area contributed by atoms with E-state index in [0.29, 0.717) is 5.57 Å². The molecule has 4 aliphatic carbocycles. The van der Waals surface area contributed by atoms with E-state index in [1.165, 1.54) is 0 Å². The van der Waals surface area contributed by atoms with Crippen molar-refractivity contribution < 1.29 is 44.0 Å². The van der Waals surface area contributed by atoms with Crippen LogP contribution in [-0.2, 0) is 38.9 Å². The van der Waals surface area contributed by atoms with Crippen LogP contribution in [0.2, 0.25) is 0 Å². The van der Waals surface area contributed by atoms with E-state index in [9.17, 15) is 4.79 Å². The average Bonchev–Trinajstić information content (AvgIpc) is 3.45. The van der Waals surface area contributed by atoms with Crippen molar-refractivity contribution in [3.05, 3.63) is 139 Å². The molecule has 20 radical (unpaired) electrons. The molecule has 4 saturated carbocycles. The summed E-state index contributed by atoms with van der Waals surface area (Å²) in [5, 5.41) is 9.08. The molecule has 4 rings (SSSR count). The second-order valence-electron chi connectivity index (χ2n) is 5.18. The standard InChI is InChI=1S/C13H10O2.2C5H5.2Fe/c14-13(15)12(11-7-3-4-8-11)9-10-5-1-2-6-10;2*1-2-4-5-3-1;;/h1-9H,(H,14,15);2*1-5H;;/q;;;2*+2/b12-9+;;;;. The van der Waals surface area contributed by atoms with E-state index < -0.39 is 5.97 Å². The Labute approximate surface area is 188 Å². The molecule has 0 aromatic carbocycles. The molecule has 0 amide bonds. The molecule has 136 valence electrons. The summed E-state index contributed by atoms with van der Waals surface area (Å²) in [7, 11) is 0. The maximum absolute atomic E-state index is 11.1. The molecule has 27 heavy (non-hydrogen) atoms. The maximum Gasteiger partial charge on any atom is 2.00 e. The summed E-state index contributed by atoms with van der Waals surface area (Å²) in [4.78, 5) is 11.1. The third kappa shape index (κ3) is 11.7. The topological polar surface area (TPSA) is 37.3 Å². The normalized spacial score (nSPS) is 22.7. The molecule has 0 aliphatic heterocycles. The summed E-state index contributed by atoms with van der Waals surface area (Å²) in [6.07, 6.45) is 36.5. The number of carbonyl (C=O) groups is 1. The number of carboxylic acid groups (broad SMARTS) is 1. The van der Waals surface area contributed by atoms with E-state index in [-0.39, 0.29) is 34.1 Å². The van der Waals surface area contributed by atoms with Crippen LogP contribution in [0.4, 0.5) is 0 Å². The van der Waals surface area contributed by atoms with Crippen molar-refractivity contribution in [1.82, 2.24) is 0 Å². The van der Waals surface area contributed by atoms with Gasteiger partial charge in [0.25, 0.3) is 0 Å². The zero-order chi connectivity index (χ0) is 17.7. The van der Waals surface area contributed by atoms with Crippen LogP contribution in [0.1, 0.15) is 0 Å². The molecule has 4 aliphatic rings. The summed E-state index contributed by atoms with van der Waals surface area (Å²) in [6.45, 7) is 0. The van der Waals surface area contributed by atoms with E-state index in [2.05, 4.69) is 0 Å². The van der Waals surface area contributed by atoms with Gasteiger partial charge in [0.1, 0.15) is 0 Å². The fraction of sp³-hybridized carbons (Fsp3) is 0. The first kappa shape index (κ1) is 27.2. The van der Waals surface area contributed by atoms with Crippen LogP contribution in [0.3, 0.4) is 0 Å². The molecule has 0 aromatic heterocycles. The van der Waals surface area contributed by atoms with Crippen molar-refractivity contribution in [3.8, 4) is 0 Å². The van der Waals surface area contributed by atoms with Crippen LogP contribution in [0.5, 0.6) is 0 Å². The molecule has 4 fully saturated rings. The van der Waals surface area contributed by atoms with Gasteiger partial charge in [-0.2, -0.15) is 0 Å². The number of allylic oxidation sites excluding steroid dienone is 1. The molecular weight excluding hydrogens is 420 g/mol. The molecule has 2 nitrogen and oxygen atoms in total. The number of hydrogen-bond donors (Lipinski definition) is 1. The molecule has 0 aromatic rings. The number of rotatable bonds is 3. The Morgan fingerprint density at radius 2 is 0.926 bits per heavy atom. The summed E-state index contributed by atoms with van der Waals surface area (Å²) in [5.74, 6) is 0.750. The van der Waals surface area contributed by atoms with E-state index in [1.54, 1.807) is 18.9 Å². The molecule has 1 N–H and O–H groups in total. The van der Waals surface area contributed by atoms with Crippen LogP contribution >= 0.6 is 0 Å². The number of aliphatic carboxylic acids is 1. The van der Waals surface area contributed by atoms with Crippen molar-refractivity contribution >= 4 is 5.97 Å². The van der Waals surface area contributed by atoms with Gasteiger partial charge in [0.05, 0.1) is 0 Å². The first-order valence-electron chi connectivity index (χ1n) is 7.99. The minimum atomic E-state index is -0.901. The van der Waals surface area contributed by atoms with Gasteiger partial charge in [-0.05, 0) is 116 Å². The van der Waals surface area contributed by atoms with Crippen molar-refractivity contribution in [3.63, 3.8) is 0 Å². The van der Waals surface area contributed by atoms with Crippen molar-refractivity contribution in [2.75, 3.05) is 0 Å². The van der Waals surface area contributed by atoms with E-state index in [0.717, 1.165) is 11.8 Å². The van der Waals surface area contributed by atoms with Crippen LogP contribution in [0.25, 0.3) is 0 Å². The smallest absolute Gasteiger partial charge is 0.478 e. The molecular formula is C23H20Fe2O2+4. The zero-order valence-corrected chi connectivity index (χ0v) is 16.7. The summed E-state index contributed by atoms with van der Waals surface area (Å²) in [5.41, 5.74) is 0.325. The number of carboxylic acids is 1. The van der Waals surface area contributed by atoms with Gasteiger partial charge >= 0.3 is 40.1 Å². The Kier molecular flexibility index (Phi) is 17.3. The van der Waals surface area contributed by atoms with Crippen LogP contribution in [0, 0.1) is 127 Å². The maximum atomic E-state index is 11.1. The predicted octanol–water partition coefficient (Wildman–Crippen LogP) is 3.85. The second kappa shape index (κ2) is 17.1. The molecule has 0 unspecified atom stereocenters. The largest absolute Gasteiger partial charge is 2.00 e.